The van der Waals surface area contributed by atoms with E-state index in [1.54, 1.807) is 35.2 Å². The van der Waals surface area contributed by atoms with E-state index in [2.05, 4.69) is 0 Å². The van der Waals surface area contributed by atoms with Crippen molar-refractivity contribution in [2.75, 3.05) is 18.0 Å². The van der Waals surface area contributed by atoms with Gasteiger partial charge in [0.1, 0.15) is 0 Å². The summed E-state index contributed by atoms with van der Waals surface area (Å²) in [4.78, 5) is 15.3. The fraction of sp³-hybridized carbons (Fsp3) is 0.240. The molecule has 0 radical (unpaired) electrons. The van der Waals surface area contributed by atoms with Crippen molar-refractivity contribution in [2.45, 2.75) is 30.7 Å². The van der Waals surface area contributed by atoms with Crippen LogP contribution in [-0.2, 0) is 27.7 Å². The van der Waals surface area contributed by atoms with Crippen molar-refractivity contribution in [1.29, 1.82) is 0 Å². The van der Waals surface area contributed by atoms with Crippen LogP contribution >= 0.6 is 0 Å². The second-order valence-corrected chi connectivity index (χ2v) is 9.77. The SMILES string of the molecule is CC1Cc2ccccc2N1C(=O)CN(CCc1ccccc1)S(=O)(=O)c1ccccc1. The zero-order valence-electron chi connectivity index (χ0n) is 17.5. The maximum absolute atomic E-state index is 13.4. The fourth-order valence-electron chi connectivity index (χ4n) is 4.10. The van der Waals surface area contributed by atoms with Gasteiger partial charge in [0.2, 0.25) is 15.9 Å². The van der Waals surface area contributed by atoms with E-state index in [4.69, 9.17) is 0 Å². The summed E-state index contributed by atoms with van der Waals surface area (Å²) in [5.41, 5.74) is 3.02. The molecule has 4 rings (SSSR count). The van der Waals surface area contributed by atoms with Gasteiger partial charge in [-0.05, 0) is 49.1 Å². The van der Waals surface area contributed by atoms with Gasteiger partial charge in [0.05, 0.1) is 11.4 Å². The molecule has 3 aromatic carbocycles. The molecule has 5 nitrogen and oxygen atoms in total. The molecular formula is C25H26N2O3S. The molecule has 0 bridgehead atoms. The van der Waals surface area contributed by atoms with Gasteiger partial charge in [-0.15, -0.1) is 0 Å². The van der Waals surface area contributed by atoms with Gasteiger partial charge in [-0.25, -0.2) is 8.42 Å². The van der Waals surface area contributed by atoms with Crippen LogP contribution in [0.15, 0.2) is 89.8 Å². The van der Waals surface area contributed by atoms with Crippen LogP contribution in [0.25, 0.3) is 0 Å². The van der Waals surface area contributed by atoms with Crippen molar-refractivity contribution in [3.63, 3.8) is 0 Å². The first kappa shape index (κ1) is 21.3. The summed E-state index contributed by atoms with van der Waals surface area (Å²) in [6.07, 6.45) is 1.31. The number of fused-ring (bicyclic) bond motifs is 1. The Morgan fingerprint density at radius 1 is 0.935 bits per heavy atom. The van der Waals surface area contributed by atoms with E-state index < -0.39 is 10.0 Å². The number of hydrogen-bond acceptors (Lipinski definition) is 3. The molecule has 0 saturated carbocycles. The van der Waals surface area contributed by atoms with Crippen LogP contribution in [0.1, 0.15) is 18.1 Å². The van der Waals surface area contributed by atoms with E-state index in [9.17, 15) is 13.2 Å². The molecule has 0 saturated heterocycles. The van der Waals surface area contributed by atoms with Crippen LogP contribution in [0.4, 0.5) is 5.69 Å². The topological polar surface area (TPSA) is 57.7 Å². The summed E-state index contributed by atoms with van der Waals surface area (Å²) in [5.74, 6) is -0.204. The van der Waals surface area contributed by atoms with Gasteiger partial charge in [0.25, 0.3) is 0 Å². The number of nitrogens with zero attached hydrogens (tertiary/aromatic N) is 2. The van der Waals surface area contributed by atoms with E-state index >= 15 is 0 Å². The summed E-state index contributed by atoms with van der Waals surface area (Å²) in [5, 5.41) is 0. The smallest absolute Gasteiger partial charge is 0.243 e. The van der Waals surface area contributed by atoms with Crippen molar-refractivity contribution in [2.24, 2.45) is 0 Å². The minimum absolute atomic E-state index is 0.000280. The number of amides is 1. The Balaban J connectivity index is 1.60. The summed E-state index contributed by atoms with van der Waals surface area (Å²) >= 11 is 0. The number of carbonyl (C=O) groups is 1. The van der Waals surface area contributed by atoms with E-state index in [0.717, 1.165) is 23.2 Å². The van der Waals surface area contributed by atoms with E-state index in [1.807, 2.05) is 61.5 Å². The van der Waals surface area contributed by atoms with Crippen LogP contribution in [0.5, 0.6) is 0 Å². The van der Waals surface area contributed by atoms with Crippen LogP contribution in [-0.4, -0.2) is 37.8 Å². The number of sulfonamides is 1. The molecule has 1 aliphatic heterocycles. The summed E-state index contributed by atoms with van der Waals surface area (Å²) in [7, 11) is -3.80. The van der Waals surface area contributed by atoms with Crippen molar-refractivity contribution in [3.8, 4) is 0 Å². The molecule has 1 heterocycles. The van der Waals surface area contributed by atoms with E-state index in [1.165, 1.54) is 4.31 Å². The van der Waals surface area contributed by atoms with Gasteiger partial charge in [0, 0.05) is 18.3 Å². The highest BCUT2D eigenvalue weighted by Gasteiger charge is 2.34. The minimum atomic E-state index is -3.80. The molecule has 1 aliphatic rings. The highest BCUT2D eigenvalue weighted by atomic mass is 32.2. The Bertz CT molecular complexity index is 1150. The molecule has 0 fully saturated rings. The van der Waals surface area contributed by atoms with Crippen molar-refractivity contribution in [1.82, 2.24) is 4.31 Å². The molecular weight excluding hydrogens is 408 g/mol. The first-order chi connectivity index (χ1) is 15.0. The minimum Gasteiger partial charge on any atom is -0.308 e. The average Bonchev–Trinajstić information content (AvgIpc) is 3.13. The number of para-hydroxylation sites is 1. The Kier molecular flexibility index (Phi) is 6.20. The number of benzene rings is 3. The molecule has 31 heavy (non-hydrogen) atoms. The van der Waals surface area contributed by atoms with Crippen LogP contribution in [0, 0.1) is 0 Å². The van der Waals surface area contributed by atoms with Gasteiger partial charge in [0.15, 0.2) is 0 Å². The molecule has 6 heteroatoms. The van der Waals surface area contributed by atoms with Crippen LogP contribution in [0.3, 0.4) is 0 Å². The number of rotatable bonds is 7. The monoisotopic (exact) mass is 434 g/mol. The Labute approximate surface area is 184 Å². The van der Waals surface area contributed by atoms with Gasteiger partial charge in [-0.1, -0.05) is 66.7 Å². The highest BCUT2D eigenvalue weighted by molar-refractivity contribution is 7.89. The standard InChI is InChI=1S/C25H26N2O3S/c1-20-18-22-12-8-9-15-24(22)27(20)25(28)19-26(17-16-21-10-4-2-5-11-21)31(29,30)23-13-6-3-7-14-23/h2-15,20H,16-19H2,1H3. The molecule has 1 amide bonds. The number of anilines is 1. The summed E-state index contributed by atoms with van der Waals surface area (Å²) in [6, 6.07) is 25.9. The zero-order valence-corrected chi connectivity index (χ0v) is 18.3. The Morgan fingerprint density at radius 2 is 1.55 bits per heavy atom. The van der Waals surface area contributed by atoms with E-state index in [0.29, 0.717) is 6.42 Å². The number of hydrogen-bond donors (Lipinski definition) is 0. The Hall–Kier alpha value is -2.96. The second kappa shape index (κ2) is 9.04. The molecule has 3 aromatic rings. The lowest BCUT2D eigenvalue weighted by Crippen LogP contribution is -2.45. The van der Waals surface area contributed by atoms with Crippen molar-refractivity contribution in [3.05, 3.63) is 96.1 Å². The maximum atomic E-state index is 13.4. The fourth-order valence-corrected chi connectivity index (χ4v) is 5.51. The van der Waals surface area contributed by atoms with Crippen LogP contribution < -0.4 is 4.90 Å². The quantitative estimate of drug-likeness (QED) is 0.567. The first-order valence-corrected chi connectivity index (χ1v) is 11.9. The predicted octanol–water partition coefficient (Wildman–Crippen LogP) is 3.90. The third-order valence-electron chi connectivity index (χ3n) is 5.66. The molecule has 0 aromatic heterocycles. The number of carbonyl (C=O) groups excluding carboxylic acids is 1. The molecule has 0 spiro atoms. The lowest BCUT2D eigenvalue weighted by Gasteiger charge is -2.27. The lowest BCUT2D eigenvalue weighted by atomic mass is 10.1. The van der Waals surface area contributed by atoms with Crippen molar-refractivity contribution >= 4 is 21.6 Å². The van der Waals surface area contributed by atoms with Crippen LogP contribution in [0.2, 0.25) is 0 Å². The maximum Gasteiger partial charge on any atom is 0.243 e. The third kappa shape index (κ3) is 4.55. The summed E-state index contributed by atoms with van der Waals surface area (Å²) < 4.78 is 28.1. The lowest BCUT2D eigenvalue weighted by molar-refractivity contribution is -0.119. The highest BCUT2D eigenvalue weighted by Crippen LogP contribution is 2.32. The van der Waals surface area contributed by atoms with E-state index in [-0.39, 0.29) is 29.9 Å². The second-order valence-electron chi connectivity index (χ2n) is 7.83. The predicted molar refractivity (Wildman–Crippen MR) is 122 cm³/mol. The Morgan fingerprint density at radius 3 is 2.26 bits per heavy atom. The molecule has 160 valence electrons. The zero-order chi connectivity index (χ0) is 21.8. The first-order valence-electron chi connectivity index (χ1n) is 10.5. The average molecular weight is 435 g/mol. The largest absolute Gasteiger partial charge is 0.308 e. The van der Waals surface area contributed by atoms with Gasteiger partial charge < -0.3 is 4.90 Å². The summed E-state index contributed by atoms with van der Waals surface area (Å²) in [6.45, 7) is 2.04. The molecule has 1 unspecified atom stereocenters. The molecule has 0 aliphatic carbocycles. The third-order valence-corrected chi connectivity index (χ3v) is 7.52. The molecule has 1 atom stereocenters. The van der Waals surface area contributed by atoms with Gasteiger partial charge in [-0.2, -0.15) is 4.31 Å². The van der Waals surface area contributed by atoms with Gasteiger partial charge in [-0.3, -0.25) is 4.79 Å². The molecule has 0 N–H and O–H groups in total. The van der Waals surface area contributed by atoms with Crippen molar-refractivity contribution < 1.29 is 13.2 Å². The normalized spacial score (nSPS) is 15.8. The van der Waals surface area contributed by atoms with Gasteiger partial charge >= 0.3 is 0 Å².